The van der Waals surface area contributed by atoms with E-state index in [9.17, 15) is 4.79 Å². The third-order valence-corrected chi connectivity index (χ3v) is 2.01. The zero-order valence-corrected chi connectivity index (χ0v) is 8.63. The van der Waals surface area contributed by atoms with Gasteiger partial charge in [-0.2, -0.15) is 0 Å². The standard InChI is InChI=1S/C9H20N2O2/c1-8(2,10)5-4-6-9(3,11)7(12)13/h4-6,10-11H2,1-3H3,(H,12,13)/t9-/m0/s1. The van der Waals surface area contributed by atoms with E-state index >= 15 is 0 Å². The summed E-state index contributed by atoms with van der Waals surface area (Å²) in [4.78, 5) is 10.6. The normalized spacial score (nSPS) is 16.7. The maximum Gasteiger partial charge on any atom is 0.323 e. The first-order valence-corrected chi connectivity index (χ1v) is 4.46. The van der Waals surface area contributed by atoms with Crippen LogP contribution in [0.1, 0.15) is 40.0 Å². The highest BCUT2D eigenvalue weighted by molar-refractivity contribution is 5.77. The molecule has 5 N–H and O–H groups in total. The Morgan fingerprint density at radius 2 is 1.69 bits per heavy atom. The van der Waals surface area contributed by atoms with Crippen LogP contribution in [-0.2, 0) is 4.79 Å². The molecule has 0 spiro atoms. The van der Waals surface area contributed by atoms with Gasteiger partial charge in [-0.1, -0.05) is 0 Å². The van der Waals surface area contributed by atoms with Crippen LogP contribution in [0.5, 0.6) is 0 Å². The van der Waals surface area contributed by atoms with E-state index in [1.54, 1.807) is 0 Å². The van der Waals surface area contributed by atoms with Crippen molar-refractivity contribution in [2.24, 2.45) is 11.5 Å². The second-order valence-corrected chi connectivity index (χ2v) is 4.56. The Morgan fingerprint density at radius 1 is 1.23 bits per heavy atom. The summed E-state index contributed by atoms with van der Waals surface area (Å²) in [5.74, 6) is -0.956. The van der Waals surface area contributed by atoms with Crippen molar-refractivity contribution in [1.82, 2.24) is 0 Å². The van der Waals surface area contributed by atoms with Crippen LogP contribution < -0.4 is 11.5 Å². The third-order valence-electron chi connectivity index (χ3n) is 2.01. The Kier molecular flexibility index (Phi) is 3.88. The van der Waals surface area contributed by atoms with Gasteiger partial charge < -0.3 is 16.6 Å². The minimum Gasteiger partial charge on any atom is -0.480 e. The molecule has 0 rings (SSSR count). The summed E-state index contributed by atoms with van der Waals surface area (Å²) in [6.45, 7) is 5.36. The lowest BCUT2D eigenvalue weighted by atomic mass is 9.91. The first-order valence-electron chi connectivity index (χ1n) is 4.46. The van der Waals surface area contributed by atoms with Gasteiger partial charge in [-0.3, -0.25) is 4.79 Å². The van der Waals surface area contributed by atoms with E-state index in [-0.39, 0.29) is 5.54 Å². The Balaban J connectivity index is 3.84. The number of hydrogen-bond acceptors (Lipinski definition) is 3. The summed E-state index contributed by atoms with van der Waals surface area (Å²) in [6, 6.07) is 0. The van der Waals surface area contributed by atoms with Crippen LogP contribution in [0.15, 0.2) is 0 Å². The van der Waals surface area contributed by atoms with Crippen molar-refractivity contribution in [2.75, 3.05) is 0 Å². The number of carbonyl (C=O) groups is 1. The number of hydrogen-bond donors (Lipinski definition) is 3. The molecule has 0 amide bonds. The SMILES string of the molecule is CC(C)(N)CCC[C@](C)(N)C(=O)O. The number of aliphatic carboxylic acids is 1. The van der Waals surface area contributed by atoms with Gasteiger partial charge in [0.1, 0.15) is 5.54 Å². The highest BCUT2D eigenvalue weighted by atomic mass is 16.4. The van der Waals surface area contributed by atoms with E-state index in [2.05, 4.69) is 0 Å². The Hall–Kier alpha value is -0.610. The summed E-state index contributed by atoms with van der Waals surface area (Å²) in [5, 5.41) is 8.71. The number of nitrogens with two attached hydrogens (primary N) is 2. The molecule has 0 aliphatic heterocycles. The second-order valence-electron chi connectivity index (χ2n) is 4.56. The molecule has 0 aliphatic rings. The van der Waals surface area contributed by atoms with Crippen LogP contribution >= 0.6 is 0 Å². The predicted molar refractivity (Wildman–Crippen MR) is 52.3 cm³/mol. The molecule has 0 aromatic rings. The van der Waals surface area contributed by atoms with Gasteiger partial charge in [-0.15, -0.1) is 0 Å². The maximum absolute atomic E-state index is 10.6. The molecule has 0 unspecified atom stereocenters. The quantitative estimate of drug-likeness (QED) is 0.592. The van der Waals surface area contributed by atoms with Gasteiger partial charge >= 0.3 is 5.97 Å². The first-order chi connectivity index (χ1) is 5.65. The molecule has 78 valence electrons. The zero-order valence-electron chi connectivity index (χ0n) is 8.63. The van der Waals surface area contributed by atoms with Gasteiger partial charge in [0.15, 0.2) is 0 Å². The fraction of sp³-hybridized carbons (Fsp3) is 0.889. The van der Waals surface area contributed by atoms with Crippen LogP contribution in [0.4, 0.5) is 0 Å². The molecule has 0 aromatic carbocycles. The lowest BCUT2D eigenvalue weighted by molar-refractivity contribution is -0.142. The van der Waals surface area contributed by atoms with Gasteiger partial charge in [0.25, 0.3) is 0 Å². The van der Waals surface area contributed by atoms with Crippen molar-refractivity contribution in [1.29, 1.82) is 0 Å². The molecule has 0 fully saturated rings. The minimum atomic E-state index is -1.12. The van der Waals surface area contributed by atoms with Crippen LogP contribution in [0.3, 0.4) is 0 Å². The summed E-state index contributed by atoms with van der Waals surface area (Å²) >= 11 is 0. The van der Waals surface area contributed by atoms with E-state index < -0.39 is 11.5 Å². The Morgan fingerprint density at radius 3 is 2.00 bits per heavy atom. The summed E-state index contributed by atoms with van der Waals surface area (Å²) in [5.41, 5.74) is 9.94. The predicted octanol–water partition coefficient (Wildman–Crippen LogP) is 0.696. The molecule has 0 aromatic heterocycles. The first kappa shape index (κ1) is 12.4. The smallest absolute Gasteiger partial charge is 0.323 e. The third kappa shape index (κ3) is 5.60. The monoisotopic (exact) mass is 188 g/mol. The highest BCUT2D eigenvalue weighted by Gasteiger charge is 2.27. The lowest BCUT2D eigenvalue weighted by Gasteiger charge is -2.22. The molecule has 0 radical (unpaired) electrons. The van der Waals surface area contributed by atoms with E-state index in [4.69, 9.17) is 16.6 Å². The Bertz CT molecular complexity index is 183. The maximum atomic E-state index is 10.6. The minimum absolute atomic E-state index is 0.241. The van der Waals surface area contributed by atoms with Crippen molar-refractivity contribution in [3.05, 3.63) is 0 Å². The molecule has 13 heavy (non-hydrogen) atoms. The van der Waals surface area contributed by atoms with Crippen molar-refractivity contribution >= 4 is 5.97 Å². The molecule has 0 saturated carbocycles. The van der Waals surface area contributed by atoms with Gasteiger partial charge in [0, 0.05) is 5.54 Å². The summed E-state index contributed by atoms with van der Waals surface area (Å²) in [6.07, 6.45) is 1.98. The van der Waals surface area contributed by atoms with Crippen LogP contribution in [0.2, 0.25) is 0 Å². The number of rotatable bonds is 5. The fourth-order valence-corrected chi connectivity index (χ4v) is 1.02. The highest BCUT2D eigenvalue weighted by Crippen LogP contribution is 2.15. The number of carboxylic acids is 1. The van der Waals surface area contributed by atoms with Crippen molar-refractivity contribution in [2.45, 2.75) is 51.1 Å². The van der Waals surface area contributed by atoms with Crippen molar-refractivity contribution < 1.29 is 9.90 Å². The lowest BCUT2D eigenvalue weighted by Crippen LogP contribution is -2.45. The van der Waals surface area contributed by atoms with Crippen LogP contribution in [-0.4, -0.2) is 22.2 Å². The van der Waals surface area contributed by atoms with E-state index in [1.165, 1.54) is 6.92 Å². The average molecular weight is 188 g/mol. The van der Waals surface area contributed by atoms with Gasteiger partial charge in [-0.05, 0) is 40.0 Å². The van der Waals surface area contributed by atoms with Gasteiger partial charge in [0.05, 0.1) is 0 Å². The van der Waals surface area contributed by atoms with Crippen molar-refractivity contribution in [3.63, 3.8) is 0 Å². The summed E-state index contributed by atoms with van der Waals surface area (Å²) in [7, 11) is 0. The van der Waals surface area contributed by atoms with Crippen molar-refractivity contribution in [3.8, 4) is 0 Å². The topological polar surface area (TPSA) is 89.3 Å². The molecule has 1 atom stereocenters. The fourth-order valence-electron chi connectivity index (χ4n) is 1.02. The summed E-state index contributed by atoms with van der Waals surface area (Å²) < 4.78 is 0. The second kappa shape index (κ2) is 4.07. The van der Waals surface area contributed by atoms with Gasteiger partial charge in [-0.25, -0.2) is 0 Å². The zero-order chi connectivity index (χ0) is 10.7. The van der Waals surface area contributed by atoms with Gasteiger partial charge in [0.2, 0.25) is 0 Å². The Labute approximate surface area is 79.3 Å². The molecule has 0 saturated heterocycles. The molecule has 4 nitrogen and oxygen atoms in total. The molecule has 0 bridgehead atoms. The average Bonchev–Trinajstić information content (AvgIpc) is 1.82. The molecular weight excluding hydrogens is 168 g/mol. The molecule has 0 aliphatic carbocycles. The van der Waals surface area contributed by atoms with E-state index in [0.717, 1.165) is 12.8 Å². The molecule has 0 heterocycles. The molecule has 4 heteroatoms. The van der Waals surface area contributed by atoms with E-state index in [0.29, 0.717) is 6.42 Å². The number of carboxylic acid groups (broad SMARTS) is 1. The largest absolute Gasteiger partial charge is 0.480 e. The van der Waals surface area contributed by atoms with Crippen LogP contribution in [0, 0.1) is 0 Å². The molecular formula is C9H20N2O2. The van der Waals surface area contributed by atoms with Crippen LogP contribution in [0.25, 0.3) is 0 Å². The van der Waals surface area contributed by atoms with E-state index in [1.807, 2.05) is 13.8 Å².